The van der Waals surface area contributed by atoms with Crippen LogP contribution >= 0.6 is 24.1 Å². The first-order valence-electron chi connectivity index (χ1n) is 13.3. The molecule has 18 heteroatoms. The number of anilines is 1. The normalized spacial score (nSPS) is 12.0. The van der Waals surface area contributed by atoms with Gasteiger partial charge in [-0.05, 0) is 57.9 Å². The standard InChI is InChI=1S/C24H28F5N5O4S2.C2H6.CH2O2/c1-6-30-21(34(40-29)22(36)38-23(3,4)5)39-14(2)9-15-10-16(7-8-17(15)25)33-20(35)18-11-32-19(12-31-18)37-13-24(26,27)28;1-2;2-1-3/h7-8,10-12,14H,6,9,13H2,1-5H3,(H,33,35);1-2H3;1H,(H,2,3). The molecule has 11 nitrogen and oxygen atoms in total. The van der Waals surface area contributed by atoms with Crippen molar-refractivity contribution in [3.63, 3.8) is 0 Å². The van der Waals surface area contributed by atoms with Gasteiger partial charge in [0.15, 0.2) is 24.1 Å². The third-order valence-corrected chi connectivity index (χ3v) is 6.12. The van der Waals surface area contributed by atoms with Crippen LogP contribution < -0.4 is 10.1 Å². The van der Waals surface area contributed by atoms with Crippen LogP contribution in [0.25, 0.3) is 0 Å². The molecule has 2 N–H and O–H groups in total. The molecule has 252 valence electrons. The maximum atomic E-state index is 14.6. The van der Waals surface area contributed by atoms with Gasteiger partial charge in [-0.3, -0.25) is 14.6 Å². The second kappa shape index (κ2) is 20.4. The molecule has 0 fully saturated rings. The lowest BCUT2D eigenvalue weighted by atomic mass is 10.1. The lowest BCUT2D eigenvalue weighted by Crippen LogP contribution is -2.35. The Morgan fingerprint density at radius 2 is 1.80 bits per heavy atom. The molecule has 0 aliphatic carbocycles. The van der Waals surface area contributed by atoms with Gasteiger partial charge in [0.05, 0.1) is 12.4 Å². The Bertz CT molecular complexity index is 1250. The SMILES string of the molecule is CC.CCN=C(SC(C)Cc1cc(NC(=O)c2cnc(OCC(F)(F)F)cn2)ccc1F)N(SF)C(=O)OC(C)(C)C.O=CO. The highest BCUT2D eigenvalue weighted by Crippen LogP contribution is 2.28. The van der Waals surface area contributed by atoms with Gasteiger partial charge in [-0.25, -0.2) is 19.2 Å². The Balaban J connectivity index is 0.00000364. The van der Waals surface area contributed by atoms with E-state index in [4.69, 9.17) is 14.6 Å². The van der Waals surface area contributed by atoms with E-state index in [0.717, 1.165) is 30.2 Å². The van der Waals surface area contributed by atoms with Crippen LogP contribution in [0.3, 0.4) is 0 Å². The number of aliphatic imine (C=N–C) groups is 1. The maximum Gasteiger partial charge on any atom is 0.428 e. The fourth-order valence-electron chi connectivity index (χ4n) is 2.92. The molecule has 0 aliphatic rings. The number of carbonyl (C=O) groups is 3. The van der Waals surface area contributed by atoms with Crippen molar-refractivity contribution in [2.45, 2.75) is 71.9 Å². The summed E-state index contributed by atoms with van der Waals surface area (Å²) in [6, 6.07) is 3.86. The summed E-state index contributed by atoms with van der Waals surface area (Å²) in [6.45, 7) is 10.8. The molecule has 2 rings (SSSR count). The predicted molar refractivity (Wildman–Crippen MR) is 163 cm³/mol. The summed E-state index contributed by atoms with van der Waals surface area (Å²) in [5.74, 6) is -1.71. The molecule has 0 bridgehead atoms. The largest absolute Gasteiger partial charge is 0.483 e. The van der Waals surface area contributed by atoms with Crippen LogP contribution in [0.4, 0.5) is 31.9 Å². The van der Waals surface area contributed by atoms with E-state index in [1.165, 1.54) is 12.1 Å². The summed E-state index contributed by atoms with van der Waals surface area (Å²) in [4.78, 5) is 44.9. The number of aromatic nitrogens is 2. The fourth-order valence-corrected chi connectivity index (χ4v) is 4.34. The summed E-state index contributed by atoms with van der Waals surface area (Å²) in [5, 5.41) is 9.06. The Kier molecular flexibility index (Phi) is 18.7. The second-order valence-corrected chi connectivity index (χ2v) is 11.2. The monoisotopic (exact) mass is 685 g/mol. The number of nitrogens with zero attached hydrogens (tertiary/aromatic N) is 4. The van der Waals surface area contributed by atoms with Crippen molar-refractivity contribution in [2.75, 3.05) is 18.5 Å². The molecule has 45 heavy (non-hydrogen) atoms. The first kappa shape index (κ1) is 41.3. The molecule has 0 radical (unpaired) electrons. The van der Waals surface area contributed by atoms with Crippen molar-refractivity contribution >= 4 is 53.4 Å². The molecular formula is C27H36F5N5O6S2. The van der Waals surface area contributed by atoms with Crippen LogP contribution in [-0.4, -0.2) is 73.2 Å². The Hall–Kier alpha value is -3.67. The van der Waals surface area contributed by atoms with E-state index in [-0.39, 0.29) is 53.9 Å². The first-order chi connectivity index (χ1) is 21.0. The topological polar surface area (TPSA) is 143 Å². The zero-order chi connectivity index (χ0) is 34.8. The second-order valence-electron chi connectivity index (χ2n) is 9.24. The van der Waals surface area contributed by atoms with Gasteiger partial charge in [0.25, 0.3) is 12.4 Å². The first-order valence-corrected chi connectivity index (χ1v) is 14.8. The molecule has 1 atom stereocenters. The lowest BCUT2D eigenvalue weighted by molar-refractivity contribution is -0.154. The molecule has 1 unspecified atom stereocenters. The van der Waals surface area contributed by atoms with Crippen molar-refractivity contribution in [3.05, 3.63) is 47.7 Å². The molecule has 0 aliphatic heterocycles. The van der Waals surface area contributed by atoms with Crippen LogP contribution in [0.1, 0.15) is 64.5 Å². The lowest BCUT2D eigenvalue weighted by Gasteiger charge is -2.25. The van der Waals surface area contributed by atoms with Crippen molar-refractivity contribution < 1.29 is 50.4 Å². The zero-order valence-electron chi connectivity index (χ0n) is 25.6. The number of halogens is 5. The highest BCUT2D eigenvalue weighted by Gasteiger charge is 2.30. The molecule has 0 saturated carbocycles. The van der Waals surface area contributed by atoms with Crippen LogP contribution in [0.5, 0.6) is 5.88 Å². The number of benzene rings is 1. The molecule has 1 aromatic carbocycles. The van der Waals surface area contributed by atoms with E-state index in [2.05, 4.69) is 25.0 Å². The molecule has 2 amide bonds. The van der Waals surface area contributed by atoms with E-state index in [9.17, 15) is 31.0 Å². The molecule has 0 saturated heterocycles. The Morgan fingerprint density at radius 1 is 1.18 bits per heavy atom. The number of amidine groups is 1. The maximum absolute atomic E-state index is 14.6. The number of ether oxygens (including phenoxy) is 2. The quantitative estimate of drug-likeness (QED) is 0.0904. The minimum Gasteiger partial charge on any atom is -0.483 e. The van der Waals surface area contributed by atoms with E-state index < -0.39 is 47.3 Å². The van der Waals surface area contributed by atoms with Gasteiger partial charge >= 0.3 is 12.3 Å². The number of carboxylic acid groups (broad SMARTS) is 1. The number of carbonyl (C=O) groups excluding carboxylic acids is 2. The highest BCUT2D eigenvalue weighted by atomic mass is 32.2. The highest BCUT2D eigenvalue weighted by molar-refractivity contribution is 8.15. The minimum atomic E-state index is -4.55. The van der Waals surface area contributed by atoms with Gasteiger partial charge in [-0.2, -0.15) is 17.5 Å². The van der Waals surface area contributed by atoms with Crippen LogP contribution in [-0.2, 0) is 16.0 Å². The van der Waals surface area contributed by atoms with Gasteiger partial charge < -0.3 is 19.9 Å². The summed E-state index contributed by atoms with van der Waals surface area (Å²) >= 11 is 0.690. The van der Waals surface area contributed by atoms with Gasteiger partial charge in [0.1, 0.15) is 17.1 Å². The van der Waals surface area contributed by atoms with Crippen molar-refractivity contribution in [3.8, 4) is 5.88 Å². The summed E-state index contributed by atoms with van der Waals surface area (Å²) in [5.41, 5.74) is -0.635. The third kappa shape index (κ3) is 16.8. The van der Waals surface area contributed by atoms with E-state index in [1.807, 2.05) is 13.8 Å². The van der Waals surface area contributed by atoms with E-state index in [1.54, 1.807) is 34.6 Å². The minimum absolute atomic E-state index is 0.0443. The predicted octanol–water partition coefficient (Wildman–Crippen LogP) is 7.35. The third-order valence-electron chi connectivity index (χ3n) is 4.46. The van der Waals surface area contributed by atoms with Gasteiger partial charge in [-0.1, -0.05) is 32.5 Å². The Morgan fingerprint density at radius 3 is 2.29 bits per heavy atom. The summed E-state index contributed by atoms with van der Waals surface area (Å²) < 4.78 is 75.4. The van der Waals surface area contributed by atoms with Crippen LogP contribution in [0, 0.1) is 5.82 Å². The molecule has 2 aromatic rings. The van der Waals surface area contributed by atoms with Crippen molar-refractivity contribution in [1.29, 1.82) is 0 Å². The number of thioether (sulfide) groups is 1. The summed E-state index contributed by atoms with van der Waals surface area (Å²) in [6.07, 6.45) is -3.56. The smallest absolute Gasteiger partial charge is 0.428 e. The van der Waals surface area contributed by atoms with Crippen molar-refractivity contribution in [1.82, 2.24) is 14.3 Å². The average molecular weight is 686 g/mol. The van der Waals surface area contributed by atoms with Crippen LogP contribution in [0.2, 0.25) is 0 Å². The number of hydrogen-bond donors (Lipinski definition) is 2. The average Bonchev–Trinajstić information content (AvgIpc) is 2.94. The summed E-state index contributed by atoms with van der Waals surface area (Å²) in [7, 11) is 0. The molecular weight excluding hydrogens is 649 g/mol. The van der Waals surface area contributed by atoms with Crippen molar-refractivity contribution in [2.24, 2.45) is 4.99 Å². The number of alkyl halides is 3. The fraction of sp³-hybridized carbons (Fsp3) is 0.481. The number of amides is 2. The molecule has 0 spiro atoms. The molecule has 1 heterocycles. The van der Waals surface area contributed by atoms with Crippen LogP contribution in [0.15, 0.2) is 35.6 Å². The van der Waals surface area contributed by atoms with E-state index in [0.29, 0.717) is 4.31 Å². The number of rotatable bonds is 9. The van der Waals surface area contributed by atoms with Gasteiger partial charge in [0, 0.05) is 17.5 Å². The van der Waals surface area contributed by atoms with E-state index >= 15 is 0 Å². The number of hydrogen-bond acceptors (Lipinski definition) is 10. The molecule has 1 aromatic heterocycles. The van der Waals surface area contributed by atoms with Gasteiger partial charge in [0.2, 0.25) is 5.88 Å². The Labute approximate surface area is 266 Å². The number of nitrogens with one attached hydrogen (secondary N) is 1. The zero-order valence-corrected chi connectivity index (χ0v) is 27.3. The van der Waals surface area contributed by atoms with Gasteiger partial charge in [-0.15, -0.1) is 3.89 Å².